The van der Waals surface area contributed by atoms with E-state index in [-0.39, 0.29) is 5.78 Å². The topological polar surface area (TPSA) is 30.2 Å². The van der Waals surface area contributed by atoms with Gasteiger partial charge in [0.15, 0.2) is 5.78 Å². The van der Waals surface area contributed by atoms with Crippen LogP contribution in [0.2, 0.25) is 0 Å². The van der Waals surface area contributed by atoms with Crippen LogP contribution in [0.15, 0.2) is 59.6 Å². The first kappa shape index (κ1) is 15.0. The molecular formula is C19H20O2. The number of hydrogen-bond donors (Lipinski definition) is 0. The van der Waals surface area contributed by atoms with Gasteiger partial charge in [0, 0.05) is 12.0 Å². The van der Waals surface area contributed by atoms with Crippen molar-refractivity contribution < 1.29 is 9.21 Å². The Bertz CT molecular complexity index is 689. The van der Waals surface area contributed by atoms with Gasteiger partial charge >= 0.3 is 0 Å². The fourth-order valence-corrected chi connectivity index (χ4v) is 2.33. The Hall–Kier alpha value is -2.35. The zero-order valence-electron chi connectivity index (χ0n) is 12.6. The van der Waals surface area contributed by atoms with Crippen molar-refractivity contribution in [1.82, 2.24) is 0 Å². The third-order valence-corrected chi connectivity index (χ3v) is 3.52. The zero-order valence-corrected chi connectivity index (χ0v) is 12.6. The first-order valence-electron chi connectivity index (χ1n) is 6.98. The SMILES string of the molecule is C=CC(=O)CC(=C)Cc1cc(-c2ccccc2C)oc1C. The second kappa shape index (κ2) is 6.40. The van der Waals surface area contributed by atoms with Crippen LogP contribution in [0.4, 0.5) is 0 Å². The predicted molar refractivity (Wildman–Crippen MR) is 86.3 cm³/mol. The van der Waals surface area contributed by atoms with Gasteiger partial charge in [-0.25, -0.2) is 0 Å². The third kappa shape index (κ3) is 3.60. The Labute approximate surface area is 125 Å². The van der Waals surface area contributed by atoms with Crippen molar-refractivity contribution in [2.45, 2.75) is 26.7 Å². The molecule has 0 unspecified atom stereocenters. The number of furan rings is 1. The van der Waals surface area contributed by atoms with Gasteiger partial charge < -0.3 is 4.42 Å². The second-order valence-electron chi connectivity index (χ2n) is 5.28. The summed E-state index contributed by atoms with van der Waals surface area (Å²) in [7, 11) is 0. The summed E-state index contributed by atoms with van der Waals surface area (Å²) in [6.45, 7) is 11.5. The van der Waals surface area contributed by atoms with Gasteiger partial charge in [0.05, 0.1) is 0 Å². The lowest BCUT2D eigenvalue weighted by Crippen LogP contribution is -1.97. The van der Waals surface area contributed by atoms with E-state index in [2.05, 4.69) is 26.1 Å². The van der Waals surface area contributed by atoms with Crippen LogP contribution in [0.5, 0.6) is 0 Å². The van der Waals surface area contributed by atoms with Crippen LogP contribution < -0.4 is 0 Å². The van der Waals surface area contributed by atoms with E-state index in [1.165, 1.54) is 11.6 Å². The van der Waals surface area contributed by atoms with Crippen molar-refractivity contribution in [3.63, 3.8) is 0 Å². The monoisotopic (exact) mass is 280 g/mol. The summed E-state index contributed by atoms with van der Waals surface area (Å²) in [6, 6.07) is 10.2. The molecule has 0 saturated heterocycles. The number of benzene rings is 1. The van der Waals surface area contributed by atoms with E-state index in [0.717, 1.165) is 28.2 Å². The number of carbonyl (C=O) groups is 1. The molecule has 0 radical (unpaired) electrons. The van der Waals surface area contributed by atoms with E-state index < -0.39 is 0 Å². The number of carbonyl (C=O) groups excluding carboxylic acids is 1. The highest BCUT2D eigenvalue weighted by Gasteiger charge is 2.12. The lowest BCUT2D eigenvalue weighted by molar-refractivity contribution is -0.114. The Morgan fingerprint density at radius 1 is 1.29 bits per heavy atom. The summed E-state index contributed by atoms with van der Waals surface area (Å²) in [5, 5.41) is 0. The Balaban J connectivity index is 2.20. The minimum atomic E-state index is 0.000255. The first-order chi connectivity index (χ1) is 10.0. The largest absolute Gasteiger partial charge is 0.461 e. The summed E-state index contributed by atoms with van der Waals surface area (Å²) < 4.78 is 5.87. The van der Waals surface area contributed by atoms with Crippen molar-refractivity contribution in [1.29, 1.82) is 0 Å². The fourth-order valence-electron chi connectivity index (χ4n) is 2.33. The average molecular weight is 280 g/mol. The highest BCUT2D eigenvalue weighted by molar-refractivity contribution is 5.90. The van der Waals surface area contributed by atoms with Crippen LogP contribution in [-0.4, -0.2) is 5.78 Å². The quantitative estimate of drug-likeness (QED) is 0.561. The van der Waals surface area contributed by atoms with E-state index in [1.54, 1.807) is 0 Å². The molecule has 0 aliphatic heterocycles. The summed E-state index contributed by atoms with van der Waals surface area (Å²) in [4.78, 5) is 11.4. The average Bonchev–Trinajstić information content (AvgIpc) is 2.80. The van der Waals surface area contributed by atoms with Crippen LogP contribution >= 0.6 is 0 Å². The maximum atomic E-state index is 11.4. The van der Waals surface area contributed by atoms with E-state index in [1.807, 2.05) is 31.2 Å². The number of aryl methyl sites for hydroxylation is 2. The summed E-state index contributed by atoms with van der Waals surface area (Å²) in [5.41, 5.74) is 4.23. The van der Waals surface area contributed by atoms with Crippen LogP contribution in [0.1, 0.15) is 23.3 Å². The van der Waals surface area contributed by atoms with Crippen LogP contribution in [0.3, 0.4) is 0 Å². The number of ketones is 1. The number of allylic oxidation sites excluding steroid dienone is 2. The summed E-state index contributed by atoms with van der Waals surface area (Å²) in [5.74, 6) is 1.74. The lowest BCUT2D eigenvalue weighted by atomic mass is 10.0. The molecule has 0 bridgehead atoms. The van der Waals surface area contributed by atoms with Crippen LogP contribution in [0.25, 0.3) is 11.3 Å². The molecule has 2 aromatic rings. The van der Waals surface area contributed by atoms with E-state index >= 15 is 0 Å². The van der Waals surface area contributed by atoms with Gasteiger partial charge in [-0.3, -0.25) is 4.79 Å². The maximum Gasteiger partial charge on any atom is 0.159 e. The van der Waals surface area contributed by atoms with Gasteiger partial charge in [-0.2, -0.15) is 0 Å². The first-order valence-corrected chi connectivity index (χ1v) is 6.98. The third-order valence-electron chi connectivity index (χ3n) is 3.52. The number of hydrogen-bond acceptors (Lipinski definition) is 2. The molecule has 1 heterocycles. The van der Waals surface area contributed by atoms with E-state index in [4.69, 9.17) is 4.42 Å². The molecule has 108 valence electrons. The molecule has 0 amide bonds. The standard InChI is InChI=1S/C19H20O2/c1-5-17(20)11-13(2)10-16-12-19(21-15(16)4)18-9-7-6-8-14(18)3/h5-9,12H,1-2,10-11H2,3-4H3. The maximum absolute atomic E-state index is 11.4. The minimum Gasteiger partial charge on any atom is -0.461 e. The molecule has 0 saturated carbocycles. The van der Waals surface area contributed by atoms with E-state index in [0.29, 0.717) is 12.8 Å². The molecule has 0 aliphatic carbocycles. The van der Waals surface area contributed by atoms with Crippen molar-refractivity contribution in [2.75, 3.05) is 0 Å². The lowest BCUT2D eigenvalue weighted by Gasteiger charge is -2.01. The molecule has 1 aromatic carbocycles. The molecule has 0 aliphatic rings. The molecule has 0 spiro atoms. The van der Waals surface area contributed by atoms with Gasteiger partial charge in [-0.05, 0) is 43.5 Å². The molecule has 0 fully saturated rings. The molecule has 2 nitrogen and oxygen atoms in total. The van der Waals surface area contributed by atoms with Gasteiger partial charge in [0.1, 0.15) is 11.5 Å². The minimum absolute atomic E-state index is 0.000255. The highest BCUT2D eigenvalue weighted by Crippen LogP contribution is 2.29. The van der Waals surface area contributed by atoms with Gasteiger partial charge in [0.25, 0.3) is 0 Å². The normalized spacial score (nSPS) is 10.4. The van der Waals surface area contributed by atoms with Gasteiger partial charge in [-0.1, -0.05) is 43.0 Å². The van der Waals surface area contributed by atoms with Crippen molar-refractivity contribution in [2.24, 2.45) is 0 Å². The van der Waals surface area contributed by atoms with Crippen molar-refractivity contribution in [3.8, 4) is 11.3 Å². The molecule has 2 heteroatoms. The summed E-state index contributed by atoms with van der Waals surface area (Å²) in [6.07, 6.45) is 2.33. The Morgan fingerprint density at radius 3 is 2.67 bits per heavy atom. The van der Waals surface area contributed by atoms with Crippen molar-refractivity contribution in [3.05, 3.63) is 72.0 Å². The van der Waals surface area contributed by atoms with Crippen LogP contribution in [-0.2, 0) is 11.2 Å². The fraction of sp³-hybridized carbons (Fsp3) is 0.211. The molecule has 1 aromatic heterocycles. The molecule has 21 heavy (non-hydrogen) atoms. The van der Waals surface area contributed by atoms with E-state index in [9.17, 15) is 4.79 Å². The highest BCUT2D eigenvalue weighted by atomic mass is 16.3. The predicted octanol–water partition coefficient (Wildman–Crippen LogP) is 4.81. The molecule has 0 atom stereocenters. The molecule has 0 N–H and O–H groups in total. The van der Waals surface area contributed by atoms with Crippen molar-refractivity contribution >= 4 is 5.78 Å². The van der Waals surface area contributed by atoms with Gasteiger partial charge in [-0.15, -0.1) is 0 Å². The molecular weight excluding hydrogens is 260 g/mol. The Morgan fingerprint density at radius 2 is 2.00 bits per heavy atom. The number of rotatable bonds is 6. The second-order valence-corrected chi connectivity index (χ2v) is 5.28. The Kier molecular flexibility index (Phi) is 4.59. The smallest absolute Gasteiger partial charge is 0.159 e. The summed E-state index contributed by atoms with van der Waals surface area (Å²) >= 11 is 0. The van der Waals surface area contributed by atoms with Gasteiger partial charge in [0.2, 0.25) is 0 Å². The molecule has 2 rings (SSSR count). The zero-order chi connectivity index (χ0) is 15.4. The van der Waals surface area contributed by atoms with Crippen LogP contribution in [0, 0.1) is 13.8 Å².